The molecule has 0 aliphatic rings. The number of nitrogens with zero attached hydrogens (tertiary/aromatic N) is 2. The molecule has 2 aromatic heterocycles. The minimum absolute atomic E-state index is 0.496. The van der Waals surface area contributed by atoms with Gasteiger partial charge in [-0.25, -0.2) is 0 Å². The number of pyridine rings is 1. The summed E-state index contributed by atoms with van der Waals surface area (Å²) in [5.41, 5.74) is 1.25. The van der Waals surface area contributed by atoms with E-state index in [0.717, 1.165) is 0 Å². The predicted molar refractivity (Wildman–Crippen MR) is 46.4 cm³/mol. The molecule has 0 saturated heterocycles. The van der Waals surface area contributed by atoms with E-state index in [1.54, 1.807) is 0 Å². The normalized spacial score (nSPS) is 10.6. The molecular formula is C8H8N2Se. The van der Waals surface area contributed by atoms with Crippen LogP contribution >= 0.6 is 0 Å². The van der Waals surface area contributed by atoms with Crippen LogP contribution in [0.4, 0.5) is 0 Å². The van der Waals surface area contributed by atoms with Gasteiger partial charge in [0.2, 0.25) is 0 Å². The van der Waals surface area contributed by atoms with Crippen molar-refractivity contribution in [1.82, 2.24) is 9.38 Å². The van der Waals surface area contributed by atoms with Crippen LogP contribution in [0.3, 0.4) is 0 Å². The molecule has 2 aromatic rings. The van der Waals surface area contributed by atoms with Crippen LogP contribution < -0.4 is 4.59 Å². The van der Waals surface area contributed by atoms with Crippen molar-refractivity contribution in [3.8, 4) is 0 Å². The van der Waals surface area contributed by atoms with E-state index in [1.807, 2.05) is 24.7 Å². The first-order chi connectivity index (χ1) is 5.42. The molecule has 0 bridgehead atoms. The molecule has 0 aliphatic heterocycles. The van der Waals surface area contributed by atoms with Gasteiger partial charge in [0.25, 0.3) is 0 Å². The van der Waals surface area contributed by atoms with Crippen molar-refractivity contribution in [2.24, 2.45) is 0 Å². The molecule has 2 nitrogen and oxygen atoms in total. The van der Waals surface area contributed by atoms with Crippen LogP contribution in [0.5, 0.6) is 0 Å². The number of hydrogen-bond donors (Lipinski definition) is 0. The summed E-state index contributed by atoms with van der Waals surface area (Å²) in [7, 11) is 0. The Bertz CT molecular complexity index is 367. The number of fused-ring (bicyclic) bond motifs is 1. The van der Waals surface area contributed by atoms with Crippen LogP contribution in [0.1, 0.15) is 0 Å². The van der Waals surface area contributed by atoms with Crippen LogP contribution in [-0.2, 0) is 0 Å². The number of imidazole rings is 1. The Labute approximate surface area is 71.4 Å². The molecule has 0 saturated carbocycles. The molecule has 0 aromatic carbocycles. The van der Waals surface area contributed by atoms with Crippen LogP contribution in [-0.4, -0.2) is 24.3 Å². The topological polar surface area (TPSA) is 17.3 Å². The fourth-order valence-corrected chi connectivity index (χ4v) is 2.20. The first-order valence-corrected chi connectivity index (χ1v) is 5.94. The third-order valence-electron chi connectivity index (χ3n) is 1.60. The second-order valence-corrected chi connectivity index (χ2v) is 3.91. The first-order valence-electron chi connectivity index (χ1n) is 3.37. The Kier molecular flexibility index (Phi) is 1.68. The monoisotopic (exact) mass is 212 g/mol. The van der Waals surface area contributed by atoms with Gasteiger partial charge in [-0.05, 0) is 0 Å². The summed E-state index contributed by atoms with van der Waals surface area (Å²) in [6, 6.07) is 6.17. The minimum atomic E-state index is 0.496. The van der Waals surface area contributed by atoms with Crippen LogP contribution in [0.25, 0.3) is 5.52 Å². The van der Waals surface area contributed by atoms with E-state index in [0.29, 0.717) is 15.0 Å². The second-order valence-electron chi connectivity index (χ2n) is 2.25. The van der Waals surface area contributed by atoms with E-state index in [4.69, 9.17) is 0 Å². The molecule has 56 valence electrons. The molecule has 2 heterocycles. The summed E-state index contributed by atoms with van der Waals surface area (Å²) in [6.07, 6.45) is 3.90. The molecule has 0 radical (unpaired) electrons. The Morgan fingerprint density at radius 3 is 3.18 bits per heavy atom. The number of aromatic nitrogens is 2. The van der Waals surface area contributed by atoms with Gasteiger partial charge in [-0.2, -0.15) is 0 Å². The van der Waals surface area contributed by atoms with E-state index in [2.05, 4.69) is 21.3 Å². The zero-order chi connectivity index (χ0) is 7.68. The maximum absolute atomic E-state index is 4.30. The number of hydrogen-bond acceptors (Lipinski definition) is 1. The predicted octanol–water partition coefficient (Wildman–Crippen LogP) is 0.712. The molecule has 0 unspecified atom stereocenters. The van der Waals surface area contributed by atoms with Gasteiger partial charge < -0.3 is 0 Å². The number of rotatable bonds is 1. The standard InChI is InChI=1S/C8H8N2Se/c1-11-8-7-4-2-3-5-10(7)6-9-8/h2-6H,1H3. The fraction of sp³-hybridized carbons (Fsp3) is 0.125. The van der Waals surface area contributed by atoms with Gasteiger partial charge in [-0.15, -0.1) is 0 Å². The zero-order valence-electron chi connectivity index (χ0n) is 6.19. The Hall–Kier alpha value is -0.791. The van der Waals surface area contributed by atoms with Gasteiger partial charge in [0.15, 0.2) is 0 Å². The molecule has 0 amide bonds. The molecule has 3 heteroatoms. The van der Waals surface area contributed by atoms with Crippen molar-refractivity contribution in [1.29, 1.82) is 0 Å². The third-order valence-corrected chi connectivity index (χ3v) is 3.07. The van der Waals surface area contributed by atoms with E-state index < -0.39 is 0 Å². The Morgan fingerprint density at radius 1 is 1.45 bits per heavy atom. The second kappa shape index (κ2) is 2.68. The zero-order valence-corrected chi connectivity index (χ0v) is 7.90. The van der Waals surface area contributed by atoms with Gasteiger partial charge in [-0.3, -0.25) is 0 Å². The molecule has 11 heavy (non-hydrogen) atoms. The third kappa shape index (κ3) is 1.06. The van der Waals surface area contributed by atoms with Crippen molar-refractivity contribution >= 4 is 25.1 Å². The summed E-state index contributed by atoms with van der Waals surface area (Å²) >= 11 is 0.496. The van der Waals surface area contributed by atoms with E-state index in [-0.39, 0.29) is 0 Å². The first kappa shape index (κ1) is 6.89. The summed E-state index contributed by atoms with van der Waals surface area (Å²) in [6.45, 7) is 0. The average molecular weight is 211 g/mol. The van der Waals surface area contributed by atoms with Crippen molar-refractivity contribution in [2.45, 2.75) is 5.82 Å². The van der Waals surface area contributed by atoms with Gasteiger partial charge in [0.05, 0.1) is 0 Å². The molecule has 0 spiro atoms. The van der Waals surface area contributed by atoms with E-state index in [1.165, 1.54) is 10.1 Å². The van der Waals surface area contributed by atoms with Crippen molar-refractivity contribution < 1.29 is 0 Å². The van der Waals surface area contributed by atoms with Gasteiger partial charge in [-0.1, -0.05) is 0 Å². The summed E-state index contributed by atoms with van der Waals surface area (Å²) in [5, 5.41) is 0. The Morgan fingerprint density at radius 2 is 2.36 bits per heavy atom. The summed E-state index contributed by atoms with van der Waals surface area (Å²) in [5.74, 6) is 2.18. The fourth-order valence-electron chi connectivity index (χ4n) is 1.08. The maximum atomic E-state index is 4.30. The Balaban J connectivity index is 2.76. The average Bonchev–Trinajstić information content (AvgIpc) is 2.47. The molecule has 0 aliphatic carbocycles. The SMILES string of the molecule is C[Se]c1ncn2ccccc12. The van der Waals surface area contributed by atoms with Gasteiger partial charge in [0.1, 0.15) is 0 Å². The molecular weight excluding hydrogens is 203 g/mol. The van der Waals surface area contributed by atoms with Crippen molar-refractivity contribution in [3.63, 3.8) is 0 Å². The molecule has 2 rings (SSSR count). The van der Waals surface area contributed by atoms with Crippen LogP contribution in [0.15, 0.2) is 30.7 Å². The molecule has 0 N–H and O–H groups in total. The molecule has 0 fully saturated rings. The van der Waals surface area contributed by atoms with E-state index in [9.17, 15) is 0 Å². The van der Waals surface area contributed by atoms with Crippen molar-refractivity contribution in [3.05, 3.63) is 30.7 Å². The summed E-state index contributed by atoms with van der Waals surface area (Å²) in [4.78, 5) is 4.30. The molecule has 0 atom stereocenters. The quantitative estimate of drug-likeness (QED) is 0.635. The van der Waals surface area contributed by atoms with Gasteiger partial charge in [0, 0.05) is 0 Å². The van der Waals surface area contributed by atoms with Crippen LogP contribution in [0.2, 0.25) is 5.82 Å². The summed E-state index contributed by atoms with van der Waals surface area (Å²) < 4.78 is 3.29. The van der Waals surface area contributed by atoms with E-state index >= 15 is 0 Å². The van der Waals surface area contributed by atoms with Gasteiger partial charge >= 0.3 is 71.0 Å². The van der Waals surface area contributed by atoms with Crippen molar-refractivity contribution in [2.75, 3.05) is 0 Å². The van der Waals surface area contributed by atoms with Crippen LogP contribution in [0, 0.1) is 0 Å².